The highest BCUT2D eigenvalue weighted by atomic mass is 16.3. The second-order valence-electron chi connectivity index (χ2n) is 4.94. The van der Waals surface area contributed by atoms with Crippen molar-refractivity contribution in [3.8, 4) is 0 Å². The van der Waals surface area contributed by atoms with E-state index in [1.165, 1.54) is 0 Å². The molecule has 20 heavy (non-hydrogen) atoms. The Morgan fingerprint density at radius 3 is 2.45 bits per heavy atom. The Balaban J connectivity index is 1.97. The summed E-state index contributed by atoms with van der Waals surface area (Å²) < 4.78 is 0. The van der Waals surface area contributed by atoms with Crippen LogP contribution in [0.15, 0.2) is 48.5 Å². The van der Waals surface area contributed by atoms with Crippen molar-refractivity contribution in [1.29, 1.82) is 0 Å². The third-order valence-corrected chi connectivity index (χ3v) is 3.41. The number of amides is 1. The summed E-state index contributed by atoms with van der Waals surface area (Å²) >= 11 is 0. The largest absolute Gasteiger partial charge is 0.387 e. The topological polar surface area (TPSA) is 49.3 Å². The molecule has 2 aromatic rings. The maximum atomic E-state index is 12.0. The summed E-state index contributed by atoms with van der Waals surface area (Å²) in [6.07, 6.45) is -0.688. The second-order valence-corrected chi connectivity index (χ2v) is 4.94. The van der Waals surface area contributed by atoms with Gasteiger partial charge in [0.05, 0.1) is 6.10 Å². The highest BCUT2D eigenvalue weighted by Crippen LogP contribution is 2.12. The predicted molar refractivity (Wildman–Crippen MR) is 79.7 cm³/mol. The van der Waals surface area contributed by atoms with Gasteiger partial charge < -0.3 is 10.4 Å². The van der Waals surface area contributed by atoms with Crippen LogP contribution in [-0.4, -0.2) is 17.6 Å². The molecule has 2 rings (SSSR count). The van der Waals surface area contributed by atoms with Gasteiger partial charge in [0.25, 0.3) is 5.91 Å². The molecule has 2 aromatic carbocycles. The number of nitrogens with one attached hydrogen (secondary N) is 1. The number of aliphatic hydroxyl groups is 1. The van der Waals surface area contributed by atoms with Crippen molar-refractivity contribution in [1.82, 2.24) is 5.32 Å². The van der Waals surface area contributed by atoms with Crippen LogP contribution < -0.4 is 5.32 Å². The normalized spacial score (nSPS) is 11.9. The molecule has 0 fully saturated rings. The minimum Gasteiger partial charge on any atom is -0.387 e. The number of aryl methyl sites for hydroxylation is 2. The zero-order valence-corrected chi connectivity index (χ0v) is 11.8. The van der Waals surface area contributed by atoms with E-state index in [0.717, 1.165) is 16.7 Å². The van der Waals surface area contributed by atoms with Gasteiger partial charge in [0.1, 0.15) is 0 Å². The van der Waals surface area contributed by atoms with E-state index in [1.54, 1.807) is 6.07 Å². The number of aliphatic hydroxyl groups excluding tert-OH is 1. The van der Waals surface area contributed by atoms with Crippen LogP contribution in [-0.2, 0) is 0 Å². The third-order valence-electron chi connectivity index (χ3n) is 3.41. The maximum Gasteiger partial charge on any atom is 0.251 e. The van der Waals surface area contributed by atoms with Crippen molar-refractivity contribution in [3.05, 3.63) is 70.8 Å². The Labute approximate surface area is 119 Å². The molecule has 0 aliphatic rings. The van der Waals surface area contributed by atoms with Crippen molar-refractivity contribution in [2.45, 2.75) is 20.0 Å². The number of carbonyl (C=O) groups is 1. The first-order valence-corrected chi connectivity index (χ1v) is 6.66. The first-order valence-electron chi connectivity index (χ1n) is 6.66. The number of carbonyl (C=O) groups excluding carboxylic acids is 1. The molecule has 0 aliphatic carbocycles. The zero-order valence-electron chi connectivity index (χ0n) is 11.8. The predicted octanol–water partition coefficient (Wildman–Crippen LogP) is 2.77. The minimum absolute atomic E-state index is 0.164. The maximum absolute atomic E-state index is 12.0. The van der Waals surface area contributed by atoms with E-state index in [2.05, 4.69) is 5.32 Å². The van der Waals surface area contributed by atoms with Crippen molar-refractivity contribution in [3.63, 3.8) is 0 Å². The van der Waals surface area contributed by atoms with E-state index in [0.29, 0.717) is 5.56 Å². The Bertz CT molecular complexity index is 593. The van der Waals surface area contributed by atoms with Gasteiger partial charge in [-0.05, 0) is 42.7 Å². The van der Waals surface area contributed by atoms with Crippen molar-refractivity contribution in [2.24, 2.45) is 0 Å². The van der Waals surface area contributed by atoms with Gasteiger partial charge in [-0.15, -0.1) is 0 Å². The molecule has 0 unspecified atom stereocenters. The van der Waals surface area contributed by atoms with Crippen LogP contribution in [0.2, 0.25) is 0 Å². The van der Waals surface area contributed by atoms with Gasteiger partial charge in [-0.25, -0.2) is 0 Å². The van der Waals surface area contributed by atoms with Gasteiger partial charge in [0.15, 0.2) is 0 Å². The monoisotopic (exact) mass is 269 g/mol. The Morgan fingerprint density at radius 1 is 1.10 bits per heavy atom. The lowest BCUT2D eigenvalue weighted by Gasteiger charge is -2.12. The fourth-order valence-corrected chi connectivity index (χ4v) is 1.97. The summed E-state index contributed by atoms with van der Waals surface area (Å²) in [5, 5.41) is 12.8. The van der Waals surface area contributed by atoms with Crippen LogP contribution in [0.25, 0.3) is 0 Å². The van der Waals surface area contributed by atoms with E-state index < -0.39 is 6.10 Å². The number of benzene rings is 2. The third kappa shape index (κ3) is 3.45. The highest BCUT2D eigenvalue weighted by molar-refractivity contribution is 5.94. The van der Waals surface area contributed by atoms with Gasteiger partial charge in [-0.1, -0.05) is 36.4 Å². The molecule has 2 N–H and O–H groups in total. The number of rotatable bonds is 4. The second kappa shape index (κ2) is 6.35. The molecule has 0 radical (unpaired) electrons. The molecular weight excluding hydrogens is 250 g/mol. The van der Waals surface area contributed by atoms with E-state index in [9.17, 15) is 9.90 Å². The van der Waals surface area contributed by atoms with Gasteiger partial charge in [-0.2, -0.15) is 0 Å². The van der Waals surface area contributed by atoms with E-state index in [1.807, 2.05) is 56.3 Å². The first-order chi connectivity index (χ1) is 9.58. The minimum atomic E-state index is -0.688. The van der Waals surface area contributed by atoms with Crippen LogP contribution >= 0.6 is 0 Å². The smallest absolute Gasteiger partial charge is 0.251 e. The molecule has 1 amide bonds. The molecular formula is C17H19NO2. The summed E-state index contributed by atoms with van der Waals surface area (Å²) in [7, 11) is 0. The van der Waals surface area contributed by atoms with Crippen molar-refractivity contribution < 1.29 is 9.90 Å². The quantitative estimate of drug-likeness (QED) is 0.896. The molecule has 0 aliphatic heterocycles. The van der Waals surface area contributed by atoms with Gasteiger partial charge >= 0.3 is 0 Å². The first kappa shape index (κ1) is 14.3. The van der Waals surface area contributed by atoms with E-state index >= 15 is 0 Å². The number of hydrogen-bond donors (Lipinski definition) is 2. The average molecular weight is 269 g/mol. The fraction of sp³-hybridized carbons (Fsp3) is 0.235. The average Bonchev–Trinajstić information content (AvgIpc) is 2.48. The fourth-order valence-electron chi connectivity index (χ4n) is 1.97. The lowest BCUT2D eigenvalue weighted by molar-refractivity contribution is 0.0916. The molecule has 0 spiro atoms. The van der Waals surface area contributed by atoms with Gasteiger partial charge in [0.2, 0.25) is 0 Å². The summed E-state index contributed by atoms with van der Waals surface area (Å²) in [6.45, 7) is 4.19. The van der Waals surface area contributed by atoms with Crippen LogP contribution in [0.5, 0.6) is 0 Å². The summed E-state index contributed by atoms with van der Waals surface area (Å²) in [6, 6.07) is 14.9. The SMILES string of the molecule is Cc1ccc(C(=O)NC[C@H](O)c2ccccc2)cc1C. The number of hydrogen-bond acceptors (Lipinski definition) is 2. The Hall–Kier alpha value is -2.13. The molecule has 3 nitrogen and oxygen atoms in total. The molecule has 1 atom stereocenters. The summed E-state index contributed by atoms with van der Waals surface area (Å²) in [4.78, 5) is 12.0. The van der Waals surface area contributed by atoms with Gasteiger partial charge in [-0.3, -0.25) is 4.79 Å². The van der Waals surface area contributed by atoms with Crippen LogP contribution in [0, 0.1) is 13.8 Å². The highest BCUT2D eigenvalue weighted by Gasteiger charge is 2.10. The lowest BCUT2D eigenvalue weighted by atomic mass is 10.1. The van der Waals surface area contributed by atoms with E-state index in [4.69, 9.17) is 0 Å². The standard InChI is InChI=1S/C17H19NO2/c1-12-8-9-15(10-13(12)2)17(20)18-11-16(19)14-6-4-3-5-7-14/h3-10,16,19H,11H2,1-2H3,(H,18,20)/t16-/m0/s1. The van der Waals surface area contributed by atoms with Crippen LogP contribution in [0.1, 0.15) is 33.2 Å². The van der Waals surface area contributed by atoms with Gasteiger partial charge in [0, 0.05) is 12.1 Å². The molecule has 0 saturated carbocycles. The Kier molecular flexibility index (Phi) is 4.53. The molecule has 0 heterocycles. The van der Waals surface area contributed by atoms with E-state index in [-0.39, 0.29) is 12.5 Å². The zero-order chi connectivity index (χ0) is 14.5. The summed E-state index contributed by atoms with van der Waals surface area (Å²) in [5.74, 6) is -0.164. The molecule has 0 bridgehead atoms. The Morgan fingerprint density at radius 2 is 1.80 bits per heavy atom. The molecule has 0 saturated heterocycles. The van der Waals surface area contributed by atoms with Crippen molar-refractivity contribution >= 4 is 5.91 Å². The van der Waals surface area contributed by atoms with Crippen LogP contribution in [0.3, 0.4) is 0 Å². The van der Waals surface area contributed by atoms with Crippen LogP contribution in [0.4, 0.5) is 0 Å². The van der Waals surface area contributed by atoms with Crippen molar-refractivity contribution in [2.75, 3.05) is 6.54 Å². The molecule has 0 aromatic heterocycles. The molecule has 3 heteroatoms. The lowest BCUT2D eigenvalue weighted by Crippen LogP contribution is -2.28. The molecule has 104 valence electrons. The summed E-state index contributed by atoms with van der Waals surface area (Å²) in [5.41, 5.74) is 3.66.